The summed E-state index contributed by atoms with van der Waals surface area (Å²) in [7, 11) is -1.39. The Morgan fingerprint density at radius 3 is 2.88 bits per heavy atom. The summed E-state index contributed by atoms with van der Waals surface area (Å²) >= 11 is 0. The largest absolute Gasteiger partial charge is 0.547 e. The molecule has 7 N–H and O–H groups in total. The van der Waals surface area contributed by atoms with E-state index in [1.54, 1.807) is 12.1 Å². The molecule has 3 aliphatic rings. The van der Waals surface area contributed by atoms with E-state index in [1.165, 1.54) is 11.2 Å². The first-order chi connectivity index (χ1) is 15.4. The molecule has 0 aliphatic carbocycles. The van der Waals surface area contributed by atoms with Gasteiger partial charge in [-0.2, -0.15) is 0 Å². The number of nitrogens with zero attached hydrogens (tertiary/aromatic N) is 2. The smallest absolute Gasteiger partial charge is 0.534 e. The zero-order valence-corrected chi connectivity index (χ0v) is 17.1. The van der Waals surface area contributed by atoms with E-state index >= 15 is 0 Å². The first kappa shape index (κ1) is 21.9. The average Bonchev–Trinajstić information content (AvgIpc) is 3.40. The van der Waals surface area contributed by atoms with E-state index in [-0.39, 0.29) is 42.6 Å². The third-order valence-electron chi connectivity index (χ3n) is 5.32. The molecule has 3 heterocycles. The minimum atomic E-state index is -1.39. The second-order valence-corrected chi connectivity index (χ2v) is 7.78. The van der Waals surface area contributed by atoms with Crippen LogP contribution in [0.1, 0.15) is 28.8 Å². The van der Waals surface area contributed by atoms with Crippen LogP contribution in [0.4, 0.5) is 0 Å². The molecule has 0 bridgehead atoms. The molecule has 1 fully saturated rings. The lowest BCUT2D eigenvalue weighted by atomic mass is 9.72. The molecule has 0 aromatic heterocycles. The highest BCUT2D eigenvalue weighted by molar-refractivity contribution is 6.47. The zero-order valence-electron chi connectivity index (χ0n) is 17.1. The van der Waals surface area contributed by atoms with E-state index in [4.69, 9.17) is 4.65 Å². The first-order valence-corrected chi connectivity index (χ1v) is 10.2. The Morgan fingerprint density at radius 2 is 2.12 bits per heavy atom. The van der Waals surface area contributed by atoms with Gasteiger partial charge in [0.05, 0.1) is 17.9 Å². The van der Waals surface area contributed by atoms with Gasteiger partial charge in [-0.1, -0.05) is 12.1 Å². The lowest BCUT2D eigenvalue weighted by Gasteiger charge is -2.28. The van der Waals surface area contributed by atoms with Crippen molar-refractivity contribution in [1.29, 1.82) is 0 Å². The molecule has 4 rings (SSSR count). The maximum Gasteiger partial charge on any atom is 0.547 e. The summed E-state index contributed by atoms with van der Waals surface area (Å²) in [6.45, 7) is 1.62. The fourth-order valence-corrected chi connectivity index (χ4v) is 3.80. The molecule has 170 valence electrons. The molecule has 0 unspecified atom stereocenters. The quantitative estimate of drug-likeness (QED) is 0.219. The third kappa shape index (κ3) is 5.10. The lowest BCUT2D eigenvalue weighted by Crippen LogP contribution is -2.54. The number of benzene rings is 1. The lowest BCUT2D eigenvalue weighted by molar-refractivity contribution is -0.124. The second-order valence-electron chi connectivity index (χ2n) is 7.78. The normalized spacial score (nSPS) is 22.2. The number of aromatic carboxylic acids is 1. The molecule has 14 heteroatoms. The summed E-state index contributed by atoms with van der Waals surface area (Å²) in [4.78, 5) is 35.8. The molecule has 2 amide bonds. The van der Waals surface area contributed by atoms with E-state index in [0.29, 0.717) is 11.4 Å². The molecule has 1 saturated heterocycles. The molecular formula is C18H24BN7O6. The Morgan fingerprint density at radius 1 is 1.28 bits per heavy atom. The van der Waals surface area contributed by atoms with E-state index in [9.17, 15) is 24.5 Å². The fourth-order valence-electron chi connectivity index (χ4n) is 3.80. The van der Waals surface area contributed by atoms with Crippen molar-refractivity contribution in [1.82, 2.24) is 32.0 Å². The topological polar surface area (TPSA) is 177 Å². The number of carboxylic acids is 1. The zero-order chi connectivity index (χ0) is 22.7. The predicted octanol–water partition coefficient (Wildman–Crippen LogP) is -2.67. The number of rotatable bonds is 7. The number of carboxylic acid groups (broad SMARTS) is 1. The van der Waals surface area contributed by atoms with Crippen LogP contribution in [0.5, 0.6) is 5.75 Å². The van der Waals surface area contributed by atoms with Crippen LogP contribution in [0.25, 0.3) is 0 Å². The Balaban J connectivity index is 1.25. The summed E-state index contributed by atoms with van der Waals surface area (Å²) < 4.78 is 5.37. The van der Waals surface area contributed by atoms with Gasteiger partial charge in [0.15, 0.2) is 0 Å². The van der Waals surface area contributed by atoms with Gasteiger partial charge in [-0.15, -0.1) is 10.2 Å². The number of amidine groups is 1. The van der Waals surface area contributed by atoms with Crippen LogP contribution >= 0.6 is 0 Å². The molecule has 3 aliphatic heterocycles. The van der Waals surface area contributed by atoms with Crippen molar-refractivity contribution in [2.75, 3.05) is 19.6 Å². The van der Waals surface area contributed by atoms with E-state index < -0.39 is 24.9 Å². The van der Waals surface area contributed by atoms with Gasteiger partial charge in [-0.3, -0.25) is 15.0 Å². The van der Waals surface area contributed by atoms with Gasteiger partial charge in [0.2, 0.25) is 11.8 Å². The standard InChI is InChI=1S/C18H24BN7O6/c27-15(7-14-23-25-26(24-14)9-16(28)21-11-4-5-20-8-11)22-13-6-10-2-1-3-12(18(29)30)17(10)32-19(13)31/h1-3,11,13,20,25,31H,4-9H2,(H,21,28)(H,22,27)(H,23,24)(H,29,30)/t11-,13-/m0/s1. The summed E-state index contributed by atoms with van der Waals surface area (Å²) in [6.07, 6.45) is 0.972. The van der Waals surface area contributed by atoms with Crippen LogP contribution in [0, 0.1) is 0 Å². The predicted molar refractivity (Wildman–Crippen MR) is 112 cm³/mol. The Kier molecular flexibility index (Phi) is 6.44. The van der Waals surface area contributed by atoms with Gasteiger partial charge in [0.25, 0.3) is 0 Å². The number of hydrazone groups is 1. The number of carbonyl (C=O) groups excluding carboxylic acids is 2. The molecule has 2 atom stereocenters. The van der Waals surface area contributed by atoms with Crippen molar-refractivity contribution in [2.45, 2.75) is 31.2 Å². The minimum absolute atomic E-state index is 0.00297. The van der Waals surface area contributed by atoms with E-state index in [2.05, 4.69) is 32.0 Å². The highest BCUT2D eigenvalue weighted by Gasteiger charge is 2.38. The summed E-state index contributed by atoms with van der Waals surface area (Å²) in [5.74, 6) is -2.11. The van der Waals surface area contributed by atoms with Crippen molar-refractivity contribution >= 4 is 30.7 Å². The van der Waals surface area contributed by atoms with Crippen molar-refractivity contribution < 1.29 is 29.2 Å². The average molecular weight is 445 g/mol. The van der Waals surface area contributed by atoms with Gasteiger partial charge in [0, 0.05) is 12.6 Å². The van der Waals surface area contributed by atoms with Crippen LogP contribution < -0.4 is 31.6 Å². The van der Waals surface area contributed by atoms with Crippen LogP contribution in [0.2, 0.25) is 0 Å². The molecule has 13 nitrogen and oxygen atoms in total. The molecule has 32 heavy (non-hydrogen) atoms. The third-order valence-corrected chi connectivity index (χ3v) is 5.32. The van der Waals surface area contributed by atoms with E-state index in [1.807, 2.05) is 0 Å². The number of hydrogen-bond donors (Lipinski definition) is 7. The number of hydrazine groups is 2. The van der Waals surface area contributed by atoms with Crippen molar-refractivity contribution in [3.05, 3.63) is 29.3 Å². The van der Waals surface area contributed by atoms with Gasteiger partial charge < -0.3 is 30.7 Å². The number of hydrogen-bond acceptors (Lipinski definition) is 10. The maximum absolute atomic E-state index is 12.4. The molecule has 1 aromatic rings. The van der Waals surface area contributed by atoms with Crippen molar-refractivity contribution in [3.8, 4) is 5.75 Å². The number of carbonyl (C=O) groups is 3. The minimum Gasteiger partial charge on any atom is -0.534 e. The second kappa shape index (κ2) is 9.42. The number of amides is 2. The van der Waals surface area contributed by atoms with E-state index in [0.717, 1.165) is 19.5 Å². The Hall–Kier alpha value is -3.36. The SMILES string of the molecule is O=C(CN1NN=C(CC(=O)N[C@H]2Cc3cccc(C(=O)O)c3OB2O)N1)N[C@H]1CCNC1. The monoisotopic (exact) mass is 445 g/mol. The highest BCUT2D eigenvalue weighted by atomic mass is 16.5. The fraction of sp³-hybridized carbons (Fsp3) is 0.444. The molecular weight excluding hydrogens is 421 g/mol. The van der Waals surface area contributed by atoms with Crippen LogP contribution in [-0.4, -0.2) is 77.6 Å². The number of fused-ring (bicyclic) bond motifs is 1. The summed E-state index contributed by atoms with van der Waals surface area (Å²) in [6, 6.07) is 4.76. The summed E-state index contributed by atoms with van der Waals surface area (Å²) in [5.41, 5.74) is 6.00. The summed E-state index contributed by atoms with van der Waals surface area (Å²) in [5, 5.41) is 33.6. The molecule has 0 saturated carbocycles. The van der Waals surface area contributed by atoms with Gasteiger partial charge in [-0.25, -0.2) is 10.3 Å². The maximum atomic E-state index is 12.4. The van der Waals surface area contributed by atoms with Gasteiger partial charge >= 0.3 is 13.1 Å². The number of nitrogens with one attached hydrogen (secondary N) is 5. The first-order valence-electron chi connectivity index (χ1n) is 10.2. The van der Waals surface area contributed by atoms with Crippen LogP contribution in [-0.2, 0) is 16.0 Å². The van der Waals surface area contributed by atoms with Gasteiger partial charge in [-0.05, 0) is 31.0 Å². The molecule has 0 spiro atoms. The molecule has 1 aromatic carbocycles. The van der Waals surface area contributed by atoms with Crippen LogP contribution in [0.3, 0.4) is 0 Å². The Bertz CT molecular complexity index is 938. The van der Waals surface area contributed by atoms with Crippen LogP contribution in [0.15, 0.2) is 23.3 Å². The Labute approximate surface area is 183 Å². The highest BCUT2D eigenvalue weighted by Crippen LogP contribution is 2.30. The van der Waals surface area contributed by atoms with Gasteiger partial charge in [0.1, 0.15) is 18.1 Å². The molecule has 0 radical (unpaired) electrons. The number of para-hydroxylation sites is 1. The van der Waals surface area contributed by atoms with Crippen molar-refractivity contribution in [3.63, 3.8) is 0 Å². The van der Waals surface area contributed by atoms with Crippen molar-refractivity contribution in [2.24, 2.45) is 5.10 Å².